The first-order chi connectivity index (χ1) is 22.8. The van der Waals surface area contributed by atoms with Gasteiger partial charge < -0.3 is 19.1 Å². The molecule has 0 aliphatic heterocycles. The molecule has 3 heterocycles. The van der Waals surface area contributed by atoms with E-state index in [-0.39, 0.29) is 0 Å². The van der Waals surface area contributed by atoms with Crippen molar-refractivity contribution in [2.45, 2.75) is 50.1 Å². The molecular formula is C39H37N3O4S. The Bertz CT molecular complexity index is 1960. The largest absolute Gasteiger partial charge is 0.487 e. The van der Waals surface area contributed by atoms with Crippen molar-refractivity contribution < 1.29 is 19.4 Å². The van der Waals surface area contributed by atoms with E-state index in [1.807, 2.05) is 67.7 Å². The van der Waals surface area contributed by atoms with E-state index in [4.69, 9.17) is 9.47 Å². The van der Waals surface area contributed by atoms with Crippen molar-refractivity contribution in [3.8, 4) is 22.8 Å². The molecule has 0 unspecified atom stereocenters. The molecule has 238 valence electrons. The number of aliphatic carboxylic acids is 1. The first kappa shape index (κ1) is 31.9. The number of pyridine rings is 2. The number of ether oxygens (including phenoxy) is 2. The van der Waals surface area contributed by atoms with Crippen LogP contribution in [0.4, 0.5) is 0 Å². The highest BCUT2D eigenvalue weighted by Crippen LogP contribution is 2.43. The minimum Gasteiger partial charge on any atom is -0.487 e. The predicted molar refractivity (Wildman–Crippen MR) is 186 cm³/mol. The molecule has 47 heavy (non-hydrogen) atoms. The molecule has 8 heteroatoms. The predicted octanol–water partition coefficient (Wildman–Crippen LogP) is 8.93. The van der Waals surface area contributed by atoms with Gasteiger partial charge in [-0.15, -0.1) is 0 Å². The van der Waals surface area contributed by atoms with E-state index >= 15 is 0 Å². The van der Waals surface area contributed by atoms with Crippen LogP contribution in [0.25, 0.3) is 22.0 Å². The first-order valence-corrected chi connectivity index (χ1v) is 16.4. The summed E-state index contributed by atoms with van der Waals surface area (Å²) in [5.41, 5.74) is 5.01. The van der Waals surface area contributed by atoms with Crippen molar-refractivity contribution in [2.75, 3.05) is 6.61 Å². The fourth-order valence-corrected chi connectivity index (χ4v) is 6.52. The summed E-state index contributed by atoms with van der Waals surface area (Å²) in [6, 6.07) is 34.4. The number of benzene rings is 3. The van der Waals surface area contributed by atoms with Gasteiger partial charge in [-0.25, -0.2) is 4.98 Å². The number of hydrogen-bond donors (Lipinski definition) is 1. The fourth-order valence-electron chi connectivity index (χ4n) is 5.43. The molecule has 6 aromatic rings. The maximum Gasteiger partial charge on any atom is 0.309 e. The van der Waals surface area contributed by atoms with E-state index in [1.54, 1.807) is 31.8 Å². The van der Waals surface area contributed by atoms with Crippen LogP contribution in [0.5, 0.6) is 11.6 Å². The molecule has 1 N–H and O–H groups in total. The molecule has 0 radical (unpaired) electrons. The highest BCUT2D eigenvalue weighted by molar-refractivity contribution is 7.99. The van der Waals surface area contributed by atoms with Crippen molar-refractivity contribution in [3.05, 3.63) is 132 Å². The smallest absolute Gasteiger partial charge is 0.309 e. The second kappa shape index (κ2) is 14.1. The first-order valence-electron chi connectivity index (χ1n) is 15.6. The van der Waals surface area contributed by atoms with Gasteiger partial charge in [0.1, 0.15) is 12.4 Å². The zero-order chi connectivity index (χ0) is 32.8. The summed E-state index contributed by atoms with van der Waals surface area (Å²) in [6.07, 6.45) is 3.94. The van der Waals surface area contributed by atoms with Crippen LogP contribution in [0.15, 0.2) is 125 Å². The average Bonchev–Trinajstić information content (AvgIpc) is 3.35. The third kappa shape index (κ3) is 7.50. The molecule has 0 fully saturated rings. The van der Waals surface area contributed by atoms with Crippen molar-refractivity contribution in [1.82, 2.24) is 14.5 Å². The fraction of sp³-hybridized carbons (Fsp3) is 0.205. The second-order valence-corrected chi connectivity index (χ2v) is 13.0. The number of rotatable bonds is 13. The molecule has 0 saturated heterocycles. The zero-order valence-electron chi connectivity index (χ0n) is 26.7. The minimum absolute atomic E-state index is 0.350. The highest BCUT2D eigenvalue weighted by atomic mass is 32.2. The summed E-state index contributed by atoms with van der Waals surface area (Å²) in [6.45, 7) is 7.03. The summed E-state index contributed by atoms with van der Waals surface area (Å²) in [4.78, 5) is 23.3. The Kier molecular flexibility index (Phi) is 9.59. The van der Waals surface area contributed by atoms with E-state index in [0.717, 1.165) is 54.5 Å². The molecule has 0 bridgehead atoms. The Morgan fingerprint density at radius 2 is 1.64 bits per heavy atom. The van der Waals surface area contributed by atoms with E-state index < -0.39 is 11.4 Å². The van der Waals surface area contributed by atoms with Crippen LogP contribution >= 0.6 is 11.8 Å². The number of fused-ring (bicyclic) bond motifs is 1. The summed E-state index contributed by atoms with van der Waals surface area (Å²) in [7, 11) is 0. The van der Waals surface area contributed by atoms with Gasteiger partial charge in [-0.2, -0.15) is 0 Å². The molecule has 0 atom stereocenters. The molecular weight excluding hydrogens is 607 g/mol. The number of carboxylic acids is 1. The third-order valence-corrected chi connectivity index (χ3v) is 9.18. The Morgan fingerprint density at radius 1 is 0.872 bits per heavy atom. The lowest BCUT2D eigenvalue weighted by atomic mass is 9.88. The van der Waals surface area contributed by atoms with Crippen LogP contribution in [0.3, 0.4) is 0 Å². The van der Waals surface area contributed by atoms with Gasteiger partial charge in [0.15, 0.2) is 0 Å². The van der Waals surface area contributed by atoms with Crippen LogP contribution in [-0.2, 0) is 24.4 Å². The maximum absolute atomic E-state index is 12.4. The maximum atomic E-state index is 12.4. The number of aromatic nitrogens is 3. The number of nitrogens with zero attached hydrogens (tertiary/aromatic N) is 3. The number of hydrogen-bond acceptors (Lipinski definition) is 6. The molecule has 3 aromatic heterocycles. The Balaban J connectivity index is 1.41. The summed E-state index contributed by atoms with van der Waals surface area (Å²) in [5.74, 6) is 0.499. The number of carbonyl (C=O) groups is 1. The highest BCUT2D eigenvalue weighted by Gasteiger charge is 2.32. The standard InChI is InChI=1S/C39H37N3O4S/c1-4-45-36-20-15-29(24-41-36)28-13-17-32(18-14-28)47-37-33-19-16-31(46-26-30-12-8-9-21-40-30)22-34(33)42(25-27-10-6-5-7-11-27)35(37)23-39(2,3)38(43)44/h5-22,24H,4,23,25-26H2,1-3H3,(H,43,44). The van der Waals surface area contributed by atoms with Gasteiger partial charge in [-0.3, -0.25) is 9.78 Å². The van der Waals surface area contributed by atoms with Crippen LogP contribution in [-0.4, -0.2) is 32.2 Å². The third-order valence-electron chi connectivity index (χ3n) is 8.01. The molecule has 7 nitrogen and oxygen atoms in total. The van der Waals surface area contributed by atoms with Crippen molar-refractivity contribution in [3.63, 3.8) is 0 Å². The quantitative estimate of drug-likeness (QED) is 0.134. The summed E-state index contributed by atoms with van der Waals surface area (Å²) in [5, 5.41) is 11.2. The summed E-state index contributed by atoms with van der Waals surface area (Å²) < 4.78 is 13.9. The van der Waals surface area contributed by atoms with Crippen molar-refractivity contribution >= 4 is 28.6 Å². The molecule has 0 aliphatic carbocycles. The van der Waals surface area contributed by atoms with Gasteiger partial charge in [0.2, 0.25) is 5.88 Å². The van der Waals surface area contributed by atoms with Crippen molar-refractivity contribution in [2.24, 2.45) is 5.41 Å². The van der Waals surface area contributed by atoms with Crippen LogP contribution in [0, 0.1) is 5.41 Å². The van der Waals surface area contributed by atoms with Gasteiger partial charge in [-0.05, 0) is 74.4 Å². The van der Waals surface area contributed by atoms with E-state index in [0.29, 0.717) is 32.1 Å². The van der Waals surface area contributed by atoms with Gasteiger partial charge in [0.25, 0.3) is 0 Å². The van der Waals surface area contributed by atoms with Gasteiger partial charge in [0, 0.05) is 63.9 Å². The Hall–Kier alpha value is -5.08. The molecule has 6 rings (SSSR count). The molecule has 0 aliphatic rings. The van der Waals surface area contributed by atoms with Gasteiger partial charge >= 0.3 is 5.97 Å². The van der Waals surface area contributed by atoms with Gasteiger partial charge in [-0.1, -0.05) is 60.3 Å². The lowest BCUT2D eigenvalue weighted by molar-refractivity contribution is -0.146. The average molecular weight is 644 g/mol. The van der Waals surface area contributed by atoms with Crippen LogP contribution in [0.1, 0.15) is 37.7 Å². The van der Waals surface area contributed by atoms with Crippen molar-refractivity contribution in [1.29, 1.82) is 0 Å². The van der Waals surface area contributed by atoms with Gasteiger partial charge in [0.05, 0.1) is 23.2 Å². The lowest BCUT2D eigenvalue weighted by Crippen LogP contribution is -2.27. The minimum atomic E-state index is -0.985. The van der Waals surface area contributed by atoms with Crippen LogP contribution < -0.4 is 9.47 Å². The molecule has 3 aromatic carbocycles. The Labute approximate surface area is 279 Å². The van der Waals surface area contributed by atoms with E-state index in [2.05, 4.69) is 63.1 Å². The van der Waals surface area contributed by atoms with Crippen LogP contribution in [0.2, 0.25) is 0 Å². The topological polar surface area (TPSA) is 86.5 Å². The summed E-state index contributed by atoms with van der Waals surface area (Å²) >= 11 is 1.66. The molecule has 0 amide bonds. The monoisotopic (exact) mass is 643 g/mol. The lowest BCUT2D eigenvalue weighted by Gasteiger charge is -2.22. The molecule has 0 spiro atoms. The molecule has 0 saturated carbocycles. The zero-order valence-corrected chi connectivity index (χ0v) is 27.5. The Morgan fingerprint density at radius 3 is 2.32 bits per heavy atom. The SMILES string of the molecule is CCOc1ccc(-c2ccc(Sc3c(CC(C)(C)C(=O)O)n(Cc4ccccc4)c4cc(OCc5ccccn5)ccc34)cc2)cn1. The van der Waals surface area contributed by atoms with E-state index in [9.17, 15) is 9.90 Å². The second-order valence-electron chi connectivity index (χ2n) is 11.9. The number of carboxylic acid groups (broad SMARTS) is 1. The normalized spacial score (nSPS) is 11.5. The van der Waals surface area contributed by atoms with E-state index in [1.165, 1.54) is 0 Å².